The van der Waals surface area contributed by atoms with Crippen molar-refractivity contribution in [2.45, 2.75) is 25.7 Å². The van der Waals surface area contributed by atoms with Crippen molar-refractivity contribution < 1.29 is 13.2 Å². The Morgan fingerprint density at radius 1 is 1.03 bits per heavy atom. The van der Waals surface area contributed by atoms with Gasteiger partial charge in [0.25, 0.3) is 5.91 Å². The Morgan fingerprint density at radius 2 is 1.71 bits per heavy atom. The third-order valence-electron chi connectivity index (χ3n) is 5.56. The molecule has 0 aliphatic rings. The van der Waals surface area contributed by atoms with E-state index in [9.17, 15) is 13.2 Å². The Morgan fingerprint density at radius 3 is 2.34 bits per heavy atom. The maximum absolute atomic E-state index is 12.9. The van der Waals surface area contributed by atoms with Gasteiger partial charge in [0, 0.05) is 29.9 Å². The quantitative estimate of drug-likeness (QED) is 0.310. The number of benzene rings is 3. The molecule has 0 heterocycles. The SMILES string of the molecule is CC(C)=CC(=Nc1ccccc1C)c1cc(NC(=O)c2ccc(S(=O)(=O)NCCN(C)C)cc2)ccc1Cl. The number of nitrogens with zero attached hydrogens (tertiary/aromatic N) is 2. The summed E-state index contributed by atoms with van der Waals surface area (Å²) in [6.07, 6.45) is 1.95. The maximum Gasteiger partial charge on any atom is 0.255 e. The van der Waals surface area contributed by atoms with Gasteiger partial charge in [0.05, 0.1) is 21.3 Å². The molecule has 3 aromatic carbocycles. The molecule has 3 aromatic rings. The molecule has 3 rings (SSSR count). The number of amides is 1. The van der Waals surface area contributed by atoms with E-state index in [1.165, 1.54) is 24.3 Å². The Bertz CT molecular complexity index is 1460. The molecule has 0 fully saturated rings. The smallest absolute Gasteiger partial charge is 0.255 e. The second-order valence-electron chi connectivity index (χ2n) is 9.38. The molecule has 9 heteroatoms. The summed E-state index contributed by atoms with van der Waals surface area (Å²) < 4.78 is 27.5. The maximum atomic E-state index is 12.9. The van der Waals surface area contributed by atoms with Crippen LogP contribution in [-0.4, -0.2) is 52.1 Å². The monoisotopic (exact) mass is 552 g/mol. The molecule has 200 valence electrons. The summed E-state index contributed by atoms with van der Waals surface area (Å²) in [6.45, 7) is 6.82. The van der Waals surface area contributed by atoms with Crippen LogP contribution in [-0.2, 0) is 10.0 Å². The van der Waals surface area contributed by atoms with Gasteiger partial charge in [0.15, 0.2) is 0 Å². The van der Waals surface area contributed by atoms with Crippen molar-refractivity contribution in [3.05, 3.63) is 100 Å². The average Bonchev–Trinajstić information content (AvgIpc) is 2.85. The second kappa shape index (κ2) is 13.0. The number of allylic oxidation sites excluding steroid dienone is 2. The number of anilines is 1. The zero-order valence-corrected chi connectivity index (χ0v) is 23.8. The van der Waals surface area contributed by atoms with Crippen molar-refractivity contribution in [1.29, 1.82) is 0 Å². The highest BCUT2D eigenvalue weighted by Crippen LogP contribution is 2.26. The molecule has 0 unspecified atom stereocenters. The third-order valence-corrected chi connectivity index (χ3v) is 7.37. The van der Waals surface area contributed by atoms with Gasteiger partial charge >= 0.3 is 0 Å². The number of nitrogens with one attached hydrogen (secondary N) is 2. The largest absolute Gasteiger partial charge is 0.322 e. The van der Waals surface area contributed by atoms with Crippen LogP contribution in [0, 0.1) is 6.92 Å². The van der Waals surface area contributed by atoms with Crippen molar-refractivity contribution >= 4 is 44.6 Å². The topological polar surface area (TPSA) is 90.9 Å². The number of likely N-dealkylation sites (N-methyl/N-ethyl adjacent to an activating group) is 1. The highest BCUT2D eigenvalue weighted by atomic mass is 35.5. The first kappa shape index (κ1) is 29.3. The number of hydrogen-bond acceptors (Lipinski definition) is 5. The second-order valence-corrected chi connectivity index (χ2v) is 11.6. The number of carbonyl (C=O) groups is 1. The fraction of sp³-hybridized carbons (Fsp3) is 0.241. The van der Waals surface area contributed by atoms with Crippen LogP contribution < -0.4 is 10.0 Å². The van der Waals surface area contributed by atoms with Gasteiger partial charge in [-0.2, -0.15) is 0 Å². The molecule has 2 N–H and O–H groups in total. The minimum atomic E-state index is -3.66. The van der Waals surface area contributed by atoms with Gasteiger partial charge in [-0.15, -0.1) is 0 Å². The Hall–Kier alpha value is -3.30. The molecule has 38 heavy (non-hydrogen) atoms. The predicted octanol–water partition coefficient (Wildman–Crippen LogP) is 5.83. The van der Waals surface area contributed by atoms with Crippen LogP contribution in [0.2, 0.25) is 5.02 Å². The van der Waals surface area contributed by atoms with Crippen LogP contribution in [0.3, 0.4) is 0 Å². The summed E-state index contributed by atoms with van der Waals surface area (Å²) in [5, 5.41) is 3.37. The lowest BCUT2D eigenvalue weighted by atomic mass is 10.1. The lowest BCUT2D eigenvalue weighted by Gasteiger charge is -2.12. The molecule has 0 saturated carbocycles. The molecule has 0 saturated heterocycles. The van der Waals surface area contributed by atoms with E-state index in [0.717, 1.165) is 16.8 Å². The zero-order chi connectivity index (χ0) is 27.9. The lowest BCUT2D eigenvalue weighted by molar-refractivity contribution is 0.102. The van der Waals surface area contributed by atoms with E-state index in [-0.39, 0.29) is 10.8 Å². The molecule has 0 radical (unpaired) electrons. The van der Waals surface area contributed by atoms with Crippen LogP contribution in [0.1, 0.15) is 35.3 Å². The summed E-state index contributed by atoms with van der Waals surface area (Å²) >= 11 is 6.56. The zero-order valence-electron chi connectivity index (χ0n) is 22.2. The van der Waals surface area contributed by atoms with Crippen LogP contribution >= 0.6 is 11.6 Å². The van der Waals surface area contributed by atoms with E-state index < -0.39 is 10.0 Å². The summed E-state index contributed by atoms with van der Waals surface area (Å²) in [7, 11) is 0.0737. The number of halogens is 1. The molecular weight excluding hydrogens is 520 g/mol. The number of para-hydroxylation sites is 1. The van der Waals surface area contributed by atoms with E-state index in [0.29, 0.717) is 40.6 Å². The van der Waals surface area contributed by atoms with Gasteiger partial charge in [-0.05, 0) is 95.0 Å². The highest BCUT2D eigenvalue weighted by molar-refractivity contribution is 7.89. The van der Waals surface area contributed by atoms with Gasteiger partial charge < -0.3 is 10.2 Å². The van der Waals surface area contributed by atoms with Crippen molar-refractivity contribution in [1.82, 2.24) is 9.62 Å². The molecular formula is C29H33ClN4O3S. The van der Waals surface area contributed by atoms with E-state index in [4.69, 9.17) is 16.6 Å². The Balaban J connectivity index is 1.83. The molecule has 0 atom stereocenters. The van der Waals surface area contributed by atoms with Gasteiger partial charge in [0.2, 0.25) is 10.0 Å². The van der Waals surface area contributed by atoms with Gasteiger partial charge in [-0.1, -0.05) is 35.4 Å². The molecule has 0 bridgehead atoms. The number of aryl methyl sites for hydroxylation is 1. The standard InChI is InChI=1S/C29H33ClN4O3S/c1-20(2)18-28(33-27-9-7-6-8-21(27)3)25-19-23(12-15-26(25)30)32-29(35)22-10-13-24(14-11-22)38(36,37)31-16-17-34(4)5/h6-15,18-19,31H,16-17H2,1-5H3,(H,32,35). The molecule has 0 aliphatic carbocycles. The molecule has 7 nitrogen and oxygen atoms in total. The molecule has 1 amide bonds. The van der Waals surface area contributed by atoms with Crippen LogP contribution in [0.25, 0.3) is 0 Å². The third kappa shape index (κ3) is 8.10. The fourth-order valence-electron chi connectivity index (χ4n) is 3.54. The summed E-state index contributed by atoms with van der Waals surface area (Å²) in [5.74, 6) is -0.373. The highest BCUT2D eigenvalue weighted by Gasteiger charge is 2.16. The Labute approximate surface area is 230 Å². The van der Waals surface area contributed by atoms with Gasteiger partial charge in [0.1, 0.15) is 0 Å². The van der Waals surface area contributed by atoms with Crippen molar-refractivity contribution in [2.24, 2.45) is 4.99 Å². The van der Waals surface area contributed by atoms with E-state index in [1.54, 1.807) is 18.2 Å². The predicted molar refractivity (Wildman–Crippen MR) is 156 cm³/mol. The lowest BCUT2D eigenvalue weighted by Crippen LogP contribution is -2.31. The first-order valence-corrected chi connectivity index (χ1v) is 14.0. The van der Waals surface area contributed by atoms with E-state index in [2.05, 4.69) is 10.0 Å². The fourth-order valence-corrected chi connectivity index (χ4v) is 4.77. The number of rotatable bonds is 10. The minimum Gasteiger partial charge on any atom is -0.322 e. The normalized spacial score (nSPS) is 11.9. The minimum absolute atomic E-state index is 0.0976. The van der Waals surface area contributed by atoms with Gasteiger partial charge in [-0.25, -0.2) is 18.1 Å². The van der Waals surface area contributed by atoms with Crippen molar-refractivity contribution in [3.63, 3.8) is 0 Å². The van der Waals surface area contributed by atoms with Crippen LogP contribution in [0.4, 0.5) is 11.4 Å². The molecule has 0 spiro atoms. The average molecular weight is 553 g/mol. The number of carbonyl (C=O) groups excluding carboxylic acids is 1. The van der Waals surface area contributed by atoms with Crippen molar-refractivity contribution in [2.75, 3.05) is 32.5 Å². The summed E-state index contributed by atoms with van der Waals surface area (Å²) in [4.78, 5) is 19.8. The molecule has 0 aromatic heterocycles. The van der Waals surface area contributed by atoms with E-state index >= 15 is 0 Å². The van der Waals surface area contributed by atoms with E-state index in [1.807, 2.05) is 70.1 Å². The van der Waals surface area contributed by atoms with Crippen LogP contribution in [0.5, 0.6) is 0 Å². The first-order valence-electron chi connectivity index (χ1n) is 12.1. The first-order chi connectivity index (χ1) is 18.0. The van der Waals surface area contributed by atoms with Crippen molar-refractivity contribution in [3.8, 4) is 0 Å². The van der Waals surface area contributed by atoms with Gasteiger partial charge in [-0.3, -0.25) is 4.79 Å². The summed E-state index contributed by atoms with van der Waals surface area (Å²) in [5.41, 5.74) is 5.13. The Kier molecular flexibility index (Phi) is 9.99. The van der Waals surface area contributed by atoms with Crippen LogP contribution in [0.15, 0.2) is 88.3 Å². The number of hydrogen-bond donors (Lipinski definition) is 2. The number of aliphatic imine (C=N–C) groups is 1. The molecule has 0 aliphatic heterocycles. The number of sulfonamides is 1. The summed E-state index contributed by atoms with van der Waals surface area (Å²) in [6, 6.07) is 18.8.